The molecule has 0 aliphatic carbocycles. The number of benzene rings is 1. The molecule has 1 aromatic carbocycles. The van der Waals surface area contributed by atoms with Crippen molar-refractivity contribution in [1.82, 2.24) is 25.1 Å². The quantitative estimate of drug-likeness (QED) is 0.724. The van der Waals surface area contributed by atoms with Crippen LogP contribution in [0.3, 0.4) is 0 Å². The number of carbonyl (C=O) groups excluding carboxylic acids is 1. The Morgan fingerprint density at radius 3 is 2.72 bits per heavy atom. The van der Waals surface area contributed by atoms with Crippen LogP contribution in [0.1, 0.15) is 30.3 Å². The number of piperidine rings is 1. The number of halogens is 2. The van der Waals surface area contributed by atoms with Gasteiger partial charge in [0, 0.05) is 24.7 Å². The van der Waals surface area contributed by atoms with Gasteiger partial charge in [0.2, 0.25) is 0 Å². The molecule has 1 aliphatic rings. The van der Waals surface area contributed by atoms with E-state index in [4.69, 9.17) is 4.74 Å². The van der Waals surface area contributed by atoms with Crippen LogP contribution >= 0.6 is 0 Å². The van der Waals surface area contributed by atoms with E-state index in [0.717, 1.165) is 23.9 Å². The SMILES string of the molecule is Cc1ccc(OC(=O)N2CCC(c3nc(-c4cc(F)ccc4F)n[nH]3)CC2)cn1. The minimum atomic E-state index is -0.583. The maximum absolute atomic E-state index is 13.9. The zero-order chi connectivity index (χ0) is 20.4. The highest BCUT2D eigenvalue weighted by molar-refractivity contribution is 5.70. The minimum Gasteiger partial charge on any atom is -0.409 e. The third-order valence-corrected chi connectivity index (χ3v) is 4.90. The molecule has 0 saturated carbocycles. The van der Waals surface area contributed by atoms with Gasteiger partial charge in [-0.2, -0.15) is 5.10 Å². The summed E-state index contributed by atoms with van der Waals surface area (Å²) in [6.07, 6.45) is 2.40. The predicted molar refractivity (Wildman–Crippen MR) is 100 cm³/mol. The van der Waals surface area contributed by atoms with E-state index in [1.54, 1.807) is 17.0 Å². The number of aromatic amines is 1. The van der Waals surface area contributed by atoms with Crippen LogP contribution in [0.5, 0.6) is 5.75 Å². The third-order valence-electron chi connectivity index (χ3n) is 4.90. The summed E-state index contributed by atoms with van der Waals surface area (Å²) >= 11 is 0. The van der Waals surface area contributed by atoms with Crippen molar-refractivity contribution >= 4 is 6.09 Å². The van der Waals surface area contributed by atoms with Gasteiger partial charge in [0.25, 0.3) is 0 Å². The number of H-pyrrole nitrogens is 1. The molecule has 3 heterocycles. The number of ether oxygens (including phenoxy) is 1. The summed E-state index contributed by atoms with van der Waals surface area (Å²) in [4.78, 5) is 22.4. The predicted octanol–water partition coefficient (Wildman–Crippen LogP) is 3.83. The van der Waals surface area contributed by atoms with Crippen molar-refractivity contribution in [3.05, 3.63) is 59.7 Å². The normalized spacial score (nSPS) is 14.8. The highest BCUT2D eigenvalue weighted by Crippen LogP contribution is 2.28. The maximum atomic E-state index is 13.9. The van der Waals surface area contributed by atoms with E-state index in [1.165, 1.54) is 6.20 Å². The number of nitrogens with zero attached hydrogens (tertiary/aromatic N) is 4. The molecule has 9 heteroatoms. The number of aromatic nitrogens is 4. The molecule has 3 aromatic rings. The highest BCUT2D eigenvalue weighted by atomic mass is 19.1. The average molecular weight is 399 g/mol. The standard InChI is InChI=1S/C20H19F2N5O2/c1-12-2-4-15(11-23-12)29-20(28)27-8-6-13(7-9-27)18-24-19(26-25-18)16-10-14(21)3-5-17(16)22/h2-5,10-11,13H,6-9H2,1H3,(H,24,25,26). The zero-order valence-electron chi connectivity index (χ0n) is 15.7. The Balaban J connectivity index is 1.37. The number of nitrogens with one attached hydrogen (secondary N) is 1. The number of carbonyl (C=O) groups is 1. The van der Waals surface area contributed by atoms with Crippen LogP contribution < -0.4 is 4.74 Å². The van der Waals surface area contributed by atoms with Crippen LogP contribution in [0.15, 0.2) is 36.5 Å². The van der Waals surface area contributed by atoms with E-state index < -0.39 is 17.7 Å². The second-order valence-electron chi connectivity index (χ2n) is 6.93. The van der Waals surface area contributed by atoms with Crippen LogP contribution in [0.25, 0.3) is 11.4 Å². The second kappa shape index (κ2) is 7.94. The van der Waals surface area contributed by atoms with Crippen molar-refractivity contribution in [3.63, 3.8) is 0 Å². The molecule has 0 radical (unpaired) electrons. The lowest BCUT2D eigenvalue weighted by molar-refractivity contribution is 0.138. The van der Waals surface area contributed by atoms with Gasteiger partial charge < -0.3 is 9.64 Å². The number of hydrogen-bond acceptors (Lipinski definition) is 5. The zero-order valence-corrected chi connectivity index (χ0v) is 15.7. The first-order valence-electron chi connectivity index (χ1n) is 9.27. The van der Waals surface area contributed by atoms with E-state index in [9.17, 15) is 13.6 Å². The molecule has 0 bridgehead atoms. The fourth-order valence-electron chi connectivity index (χ4n) is 3.26. The Bertz CT molecular complexity index is 1010. The summed E-state index contributed by atoms with van der Waals surface area (Å²) in [5, 5.41) is 6.84. The Morgan fingerprint density at radius 1 is 1.21 bits per heavy atom. The number of hydrogen-bond donors (Lipinski definition) is 1. The van der Waals surface area contributed by atoms with Crippen LogP contribution in [0.2, 0.25) is 0 Å². The van der Waals surface area contributed by atoms with Crippen molar-refractivity contribution in [1.29, 1.82) is 0 Å². The molecule has 150 valence electrons. The van der Waals surface area contributed by atoms with Crippen molar-refractivity contribution in [3.8, 4) is 17.1 Å². The molecule has 1 amide bonds. The van der Waals surface area contributed by atoms with E-state index >= 15 is 0 Å². The lowest BCUT2D eigenvalue weighted by atomic mass is 9.96. The van der Waals surface area contributed by atoms with Gasteiger partial charge in [0.1, 0.15) is 17.5 Å². The molecule has 1 fully saturated rings. The molecular weight excluding hydrogens is 380 g/mol. The molecule has 0 unspecified atom stereocenters. The first-order chi connectivity index (χ1) is 14.0. The van der Waals surface area contributed by atoms with Crippen molar-refractivity contribution < 1.29 is 18.3 Å². The summed E-state index contributed by atoms with van der Waals surface area (Å²) in [5.41, 5.74) is 0.857. The molecule has 0 atom stereocenters. The Morgan fingerprint density at radius 2 is 2.00 bits per heavy atom. The fourth-order valence-corrected chi connectivity index (χ4v) is 3.26. The Kier molecular flexibility index (Phi) is 5.20. The summed E-state index contributed by atoms with van der Waals surface area (Å²) in [5.74, 6) is 0.0197. The molecule has 1 saturated heterocycles. The maximum Gasteiger partial charge on any atom is 0.415 e. The highest BCUT2D eigenvalue weighted by Gasteiger charge is 2.27. The first kappa shape index (κ1) is 19.0. The Hall–Kier alpha value is -3.36. The topological polar surface area (TPSA) is 84.0 Å². The monoisotopic (exact) mass is 399 g/mol. The summed E-state index contributed by atoms with van der Waals surface area (Å²) in [6.45, 7) is 2.84. The van der Waals surface area contributed by atoms with Gasteiger partial charge in [0.15, 0.2) is 11.6 Å². The summed E-state index contributed by atoms with van der Waals surface area (Å²) in [7, 11) is 0. The van der Waals surface area contributed by atoms with Gasteiger partial charge in [-0.25, -0.2) is 18.6 Å². The van der Waals surface area contributed by atoms with Gasteiger partial charge in [-0.1, -0.05) is 0 Å². The molecule has 4 rings (SSSR count). The number of amides is 1. The molecule has 2 aromatic heterocycles. The van der Waals surface area contributed by atoms with Crippen LogP contribution in [0.4, 0.5) is 13.6 Å². The van der Waals surface area contributed by atoms with Gasteiger partial charge in [-0.15, -0.1) is 0 Å². The van der Waals surface area contributed by atoms with E-state index in [1.807, 2.05) is 6.92 Å². The smallest absolute Gasteiger partial charge is 0.409 e. The molecule has 1 aliphatic heterocycles. The molecule has 1 N–H and O–H groups in total. The van der Waals surface area contributed by atoms with E-state index in [-0.39, 0.29) is 17.3 Å². The van der Waals surface area contributed by atoms with Gasteiger partial charge in [-0.05, 0) is 50.1 Å². The van der Waals surface area contributed by atoms with Gasteiger partial charge >= 0.3 is 6.09 Å². The van der Waals surface area contributed by atoms with E-state index in [2.05, 4.69) is 20.2 Å². The summed E-state index contributed by atoms with van der Waals surface area (Å²) < 4.78 is 32.7. The lowest BCUT2D eigenvalue weighted by Crippen LogP contribution is -2.39. The number of aryl methyl sites for hydroxylation is 1. The van der Waals surface area contributed by atoms with Crippen LogP contribution in [0, 0.1) is 18.6 Å². The molecule has 29 heavy (non-hydrogen) atoms. The number of likely N-dealkylation sites (tertiary alicyclic amines) is 1. The Labute approximate surface area is 165 Å². The first-order valence-corrected chi connectivity index (χ1v) is 9.27. The molecule has 7 nitrogen and oxygen atoms in total. The second-order valence-corrected chi connectivity index (χ2v) is 6.93. The van der Waals surface area contributed by atoms with Gasteiger partial charge in [-0.3, -0.25) is 10.1 Å². The minimum absolute atomic E-state index is 0.0141. The van der Waals surface area contributed by atoms with E-state index in [0.29, 0.717) is 37.5 Å². The van der Waals surface area contributed by atoms with Crippen molar-refractivity contribution in [2.45, 2.75) is 25.7 Å². The number of pyridine rings is 1. The van der Waals surface area contributed by atoms with Crippen molar-refractivity contribution in [2.24, 2.45) is 0 Å². The lowest BCUT2D eigenvalue weighted by Gasteiger charge is -2.30. The molecule has 0 spiro atoms. The van der Waals surface area contributed by atoms with Crippen molar-refractivity contribution in [2.75, 3.05) is 13.1 Å². The fraction of sp³-hybridized carbons (Fsp3) is 0.300. The van der Waals surface area contributed by atoms with Crippen LogP contribution in [-0.4, -0.2) is 44.2 Å². The van der Waals surface area contributed by atoms with Gasteiger partial charge in [0.05, 0.1) is 11.8 Å². The summed E-state index contributed by atoms with van der Waals surface area (Å²) in [6, 6.07) is 6.65. The average Bonchev–Trinajstić information content (AvgIpc) is 3.21. The largest absolute Gasteiger partial charge is 0.415 e. The third kappa shape index (κ3) is 4.23. The molecular formula is C20H19F2N5O2. The number of rotatable bonds is 3. The van der Waals surface area contributed by atoms with Crippen LogP contribution in [-0.2, 0) is 0 Å².